The Morgan fingerprint density at radius 3 is 2.76 bits per heavy atom. The molecule has 1 N–H and O–H groups in total. The molecule has 0 fully saturated rings. The molecule has 0 aliphatic rings. The largest absolute Gasteiger partial charge is 0.494 e. The molecule has 1 aromatic carbocycles. The standard InChI is InChI=1S/C14H16O3/c1-3-17-13-9-8-12(10-11(13)2)6-4-5-7-14(15)16/h4-10H,3H2,1-2H3,(H,15,16)/b6-4+,7-5+. The average molecular weight is 232 g/mol. The molecule has 90 valence electrons. The van der Waals surface area contributed by atoms with E-state index in [2.05, 4.69) is 0 Å². The summed E-state index contributed by atoms with van der Waals surface area (Å²) in [6, 6.07) is 5.85. The van der Waals surface area contributed by atoms with Crippen molar-refractivity contribution in [2.45, 2.75) is 13.8 Å². The molecular formula is C14H16O3. The van der Waals surface area contributed by atoms with Gasteiger partial charge in [-0.15, -0.1) is 0 Å². The summed E-state index contributed by atoms with van der Waals surface area (Å²) >= 11 is 0. The molecule has 3 heteroatoms. The van der Waals surface area contributed by atoms with Crippen molar-refractivity contribution in [2.24, 2.45) is 0 Å². The minimum Gasteiger partial charge on any atom is -0.494 e. The van der Waals surface area contributed by atoms with Gasteiger partial charge in [0.25, 0.3) is 0 Å². The van der Waals surface area contributed by atoms with Gasteiger partial charge in [0, 0.05) is 6.08 Å². The van der Waals surface area contributed by atoms with E-state index in [9.17, 15) is 4.79 Å². The van der Waals surface area contributed by atoms with Crippen molar-refractivity contribution in [3.05, 3.63) is 47.6 Å². The maximum absolute atomic E-state index is 10.2. The lowest BCUT2D eigenvalue weighted by Gasteiger charge is -2.06. The molecule has 0 aliphatic heterocycles. The van der Waals surface area contributed by atoms with Crippen molar-refractivity contribution in [1.29, 1.82) is 0 Å². The summed E-state index contributed by atoms with van der Waals surface area (Å²) in [4.78, 5) is 10.2. The Morgan fingerprint density at radius 2 is 2.18 bits per heavy atom. The maximum atomic E-state index is 10.2. The summed E-state index contributed by atoms with van der Waals surface area (Å²) in [6.45, 7) is 4.58. The van der Waals surface area contributed by atoms with Gasteiger partial charge in [-0.05, 0) is 37.1 Å². The lowest BCUT2D eigenvalue weighted by molar-refractivity contribution is -0.131. The van der Waals surface area contributed by atoms with Crippen LogP contribution in [0.5, 0.6) is 5.75 Å². The zero-order chi connectivity index (χ0) is 12.7. The Hall–Kier alpha value is -2.03. The first-order valence-electron chi connectivity index (χ1n) is 5.44. The molecule has 0 aromatic heterocycles. The van der Waals surface area contributed by atoms with Crippen molar-refractivity contribution in [2.75, 3.05) is 6.61 Å². The van der Waals surface area contributed by atoms with Gasteiger partial charge < -0.3 is 9.84 Å². The summed E-state index contributed by atoms with van der Waals surface area (Å²) in [5.41, 5.74) is 2.08. The molecule has 0 amide bonds. The number of carbonyl (C=O) groups is 1. The molecule has 0 aliphatic carbocycles. The van der Waals surface area contributed by atoms with Crippen LogP contribution in [0.25, 0.3) is 6.08 Å². The van der Waals surface area contributed by atoms with Gasteiger partial charge in [-0.25, -0.2) is 4.79 Å². The van der Waals surface area contributed by atoms with E-state index < -0.39 is 5.97 Å². The predicted octanol–water partition coefficient (Wildman–Crippen LogP) is 3.05. The topological polar surface area (TPSA) is 46.5 Å². The maximum Gasteiger partial charge on any atom is 0.328 e. The van der Waals surface area contributed by atoms with E-state index in [-0.39, 0.29) is 0 Å². The van der Waals surface area contributed by atoms with Crippen molar-refractivity contribution in [3.8, 4) is 5.75 Å². The summed E-state index contributed by atoms with van der Waals surface area (Å²) in [7, 11) is 0. The molecule has 0 unspecified atom stereocenters. The highest BCUT2D eigenvalue weighted by atomic mass is 16.5. The van der Waals surface area contributed by atoms with Crippen LogP contribution in [0.4, 0.5) is 0 Å². The van der Waals surface area contributed by atoms with E-state index in [4.69, 9.17) is 9.84 Å². The quantitative estimate of drug-likeness (QED) is 0.627. The molecule has 0 heterocycles. The Morgan fingerprint density at radius 1 is 1.41 bits per heavy atom. The normalized spacial score (nSPS) is 11.2. The molecule has 1 aromatic rings. The summed E-state index contributed by atoms with van der Waals surface area (Å²) in [5, 5.41) is 8.41. The van der Waals surface area contributed by atoms with Crippen molar-refractivity contribution in [3.63, 3.8) is 0 Å². The second-order valence-electron chi connectivity index (χ2n) is 3.51. The van der Waals surface area contributed by atoms with Gasteiger partial charge in [0.2, 0.25) is 0 Å². The number of hydrogen-bond acceptors (Lipinski definition) is 2. The Balaban J connectivity index is 2.73. The first-order valence-corrected chi connectivity index (χ1v) is 5.44. The van der Waals surface area contributed by atoms with Crippen LogP contribution in [0.15, 0.2) is 36.4 Å². The van der Waals surface area contributed by atoms with Crippen molar-refractivity contribution < 1.29 is 14.6 Å². The van der Waals surface area contributed by atoms with Gasteiger partial charge in [0.1, 0.15) is 5.75 Å². The number of carboxylic acid groups (broad SMARTS) is 1. The second kappa shape index (κ2) is 6.53. The van der Waals surface area contributed by atoms with E-state index in [0.717, 1.165) is 23.0 Å². The highest BCUT2D eigenvalue weighted by molar-refractivity contribution is 5.80. The lowest BCUT2D eigenvalue weighted by Crippen LogP contribution is -1.93. The van der Waals surface area contributed by atoms with Crippen LogP contribution in [-0.4, -0.2) is 17.7 Å². The number of rotatable bonds is 5. The lowest BCUT2D eigenvalue weighted by atomic mass is 10.1. The molecule has 17 heavy (non-hydrogen) atoms. The van der Waals surface area contributed by atoms with Crippen molar-refractivity contribution >= 4 is 12.0 Å². The first kappa shape index (κ1) is 13.0. The highest BCUT2D eigenvalue weighted by Crippen LogP contribution is 2.19. The van der Waals surface area contributed by atoms with Gasteiger partial charge in [0.05, 0.1) is 6.61 Å². The molecule has 0 atom stereocenters. The fraction of sp³-hybridized carbons (Fsp3) is 0.214. The average Bonchev–Trinajstić information content (AvgIpc) is 2.28. The van der Waals surface area contributed by atoms with Crippen LogP contribution < -0.4 is 4.74 Å². The molecular weight excluding hydrogens is 216 g/mol. The number of ether oxygens (including phenoxy) is 1. The zero-order valence-electron chi connectivity index (χ0n) is 10.0. The van der Waals surface area contributed by atoms with Crippen LogP contribution in [0.2, 0.25) is 0 Å². The van der Waals surface area contributed by atoms with E-state index in [1.165, 1.54) is 6.08 Å². The van der Waals surface area contributed by atoms with Gasteiger partial charge in [-0.3, -0.25) is 0 Å². The van der Waals surface area contributed by atoms with Crippen LogP contribution in [0.1, 0.15) is 18.1 Å². The van der Waals surface area contributed by atoms with Gasteiger partial charge >= 0.3 is 5.97 Å². The van der Waals surface area contributed by atoms with Crippen LogP contribution in [-0.2, 0) is 4.79 Å². The number of benzene rings is 1. The first-order chi connectivity index (χ1) is 8.13. The van der Waals surface area contributed by atoms with Gasteiger partial charge in [-0.2, -0.15) is 0 Å². The van der Waals surface area contributed by atoms with Crippen LogP contribution >= 0.6 is 0 Å². The number of aliphatic carboxylic acids is 1. The fourth-order valence-corrected chi connectivity index (χ4v) is 1.40. The third kappa shape index (κ3) is 4.55. The van der Waals surface area contributed by atoms with Crippen LogP contribution in [0.3, 0.4) is 0 Å². The molecule has 1 rings (SSSR count). The number of aryl methyl sites for hydroxylation is 1. The van der Waals surface area contributed by atoms with Gasteiger partial charge in [0.15, 0.2) is 0 Å². The molecule has 0 saturated carbocycles. The minimum absolute atomic E-state index is 0.650. The van der Waals surface area contributed by atoms with E-state index in [1.54, 1.807) is 6.08 Å². The highest BCUT2D eigenvalue weighted by Gasteiger charge is 1.97. The Kier molecular flexibility index (Phi) is 5.01. The SMILES string of the molecule is CCOc1ccc(/C=C/C=C/C(=O)O)cc1C. The molecule has 0 radical (unpaired) electrons. The van der Waals surface area contributed by atoms with E-state index >= 15 is 0 Å². The smallest absolute Gasteiger partial charge is 0.328 e. The van der Waals surface area contributed by atoms with Gasteiger partial charge in [-0.1, -0.05) is 24.3 Å². The fourth-order valence-electron chi connectivity index (χ4n) is 1.40. The molecule has 0 spiro atoms. The Bertz CT molecular complexity index is 445. The van der Waals surface area contributed by atoms with Crippen LogP contribution in [0, 0.1) is 6.92 Å². The number of allylic oxidation sites excluding steroid dienone is 2. The van der Waals surface area contributed by atoms with Crippen molar-refractivity contribution in [1.82, 2.24) is 0 Å². The molecule has 3 nitrogen and oxygen atoms in total. The summed E-state index contributed by atoms with van der Waals surface area (Å²) in [5.74, 6) is -0.0664. The minimum atomic E-state index is -0.947. The van der Waals surface area contributed by atoms with E-state index in [0.29, 0.717) is 6.61 Å². The Labute approximate surface area is 101 Å². The number of hydrogen-bond donors (Lipinski definition) is 1. The predicted molar refractivity (Wildman–Crippen MR) is 68.2 cm³/mol. The third-order valence-corrected chi connectivity index (χ3v) is 2.14. The number of carboxylic acids is 1. The summed E-state index contributed by atoms with van der Waals surface area (Å²) in [6.07, 6.45) is 6.14. The molecule has 0 saturated heterocycles. The zero-order valence-corrected chi connectivity index (χ0v) is 10.0. The second-order valence-corrected chi connectivity index (χ2v) is 3.51. The molecule has 0 bridgehead atoms. The third-order valence-electron chi connectivity index (χ3n) is 2.14. The monoisotopic (exact) mass is 232 g/mol. The van der Waals surface area contributed by atoms with E-state index in [1.807, 2.05) is 38.1 Å². The summed E-state index contributed by atoms with van der Waals surface area (Å²) < 4.78 is 5.43.